The van der Waals surface area contributed by atoms with Crippen LogP contribution in [0.1, 0.15) is 29.6 Å². The van der Waals surface area contributed by atoms with Gasteiger partial charge in [-0.25, -0.2) is 4.98 Å². The molecule has 1 saturated heterocycles. The molecule has 3 unspecified atom stereocenters. The van der Waals surface area contributed by atoms with Crippen LogP contribution in [0.2, 0.25) is 0 Å². The van der Waals surface area contributed by atoms with Crippen molar-refractivity contribution < 1.29 is 14.3 Å². The molecule has 1 amide bonds. The lowest BCUT2D eigenvalue weighted by molar-refractivity contribution is -0.101. The lowest BCUT2D eigenvalue weighted by Crippen LogP contribution is -2.56. The van der Waals surface area contributed by atoms with Gasteiger partial charge in [-0.05, 0) is 31.4 Å². The van der Waals surface area contributed by atoms with Gasteiger partial charge in [0, 0.05) is 37.8 Å². The highest BCUT2D eigenvalue weighted by Crippen LogP contribution is 2.31. The number of aromatic nitrogens is 2. The molecule has 3 heterocycles. The van der Waals surface area contributed by atoms with Crippen molar-refractivity contribution in [3.05, 3.63) is 36.3 Å². The topological polar surface area (TPSA) is 56.1 Å². The van der Waals surface area contributed by atoms with Crippen molar-refractivity contribution in [2.75, 3.05) is 20.3 Å². The Kier molecular flexibility index (Phi) is 3.79. The second-order valence-electron chi connectivity index (χ2n) is 6.25. The summed E-state index contributed by atoms with van der Waals surface area (Å²) in [6, 6.07) is 3.81. The van der Waals surface area contributed by atoms with E-state index < -0.39 is 0 Å². The molecule has 2 aromatic rings. The van der Waals surface area contributed by atoms with Gasteiger partial charge in [0.25, 0.3) is 5.91 Å². The summed E-state index contributed by atoms with van der Waals surface area (Å²) in [6.07, 6.45) is 8.63. The van der Waals surface area contributed by atoms with Gasteiger partial charge in [-0.1, -0.05) is 0 Å². The molecule has 6 nitrogen and oxygen atoms in total. The third kappa shape index (κ3) is 2.62. The van der Waals surface area contributed by atoms with Gasteiger partial charge in [-0.3, -0.25) is 4.79 Å². The van der Waals surface area contributed by atoms with Gasteiger partial charge in [0.2, 0.25) is 0 Å². The maximum atomic E-state index is 13.0. The van der Waals surface area contributed by atoms with E-state index in [0.29, 0.717) is 18.7 Å². The summed E-state index contributed by atoms with van der Waals surface area (Å²) in [4.78, 5) is 19.2. The number of carbonyl (C=O) groups excluding carboxylic acids is 1. The first-order valence-corrected chi connectivity index (χ1v) is 8.14. The standard InChI is InChI=1S/C17H21N3O3/c1-22-13-2-3-15-14(11-13)20(8-9-23-15)17(21)12-4-6-19-7-5-18-16(19)10-12/h4-7,10,13-15H,2-3,8-9,11H2,1H3. The number of morpholine rings is 1. The van der Waals surface area contributed by atoms with E-state index in [9.17, 15) is 4.79 Å². The number of fused-ring (bicyclic) bond motifs is 2. The lowest BCUT2D eigenvalue weighted by Gasteiger charge is -2.45. The number of rotatable bonds is 2. The summed E-state index contributed by atoms with van der Waals surface area (Å²) in [7, 11) is 1.74. The molecule has 0 spiro atoms. The maximum absolute atomic E-state index is 13.0. The first kappa shape index (κ1) is 14.7. The molecule has 1 saturated carbocycles. The van der Waals surface area contributed by atoms with Crippen LogP contribution >= 0.6 is 0 Å². The molecule has 4 rings (SSSR count). The van der Waals surface area contributed by atoms with E-state index in [2.05, 4.69) is 4.98 Å². The molecule has 1 aliphatic carbocycles. The first-order chi connectivity index (χ1) is 11.3. The number of carbonyl (C=O) groups is 1. The molecule has 0 N–H and O–H groups in total. The molecule has 0 radical (unpaired) electrons. The van der Waals surface area contributed by atoms with Crippen molar-refractivity contribution in [3.8, 4) is 0 Å². The molecule has 6 heteroatoms. The Hall–Kier alpha value is -1.92. The van der Waals surface area contributed by atoms with Crippen LogP contribution in [0.5, 0.6) is 0 Å². The number of hydrogen-bond acceptors (Lipinski definition) is 4. The highest BCUT2D eigenvalue weighted by atomic mass is 16.5. The second-order valence-corrected chi connectivity index (χ2v) is 6.25. The number of hydrogen-bond donors (Lipinski definition) is 0. The molecule has 3 atom stereocenters. The SMILES string of the molecule is COC1CCC2OCCN(C(=O)c3ccn4ccnc4c3)C2C1. The second kappa shape index (κ2) is 5.94. The minimum atomic E-state index is 0.0607. The van der Waals surface area contributed by atoms with E-state index in [-0.39, 0.29) is 24.2 Å². The Morgan fingerprint density at radius 2 is 2.30 bits per heavy atom. The Bertz CT molecular complexity index is 714. The normalized spacial score (nSPS) is 27.9. The number of amides is 1. The molecule has 122 valence electrons. The summed E-state index contributed by atoms with van der Waals surface area (Å²) in [5.41, 5.74) is 1.47. The predicted octanol–water partition coefficient (Wildman–Crippen LogP) is 1.74. The maximum Gasteiger partial charge on any atom is 0.254 e. The minimum absolute atomic E-state index is 0.0607. The average molecular weight is 315 g/mol. The summed E-state index contributed by atoms with van der Waals surface area (Å²) in [5.74, 6) is 0.0607. The summed E-state index contributed by atoms with van der Waals surface area (Å²) >= 11 is 0. The van der Waals surface area contributed by atoms with Crippen molar-refractivity contribution in [1.29, 1.82) is 0 Å². The number of imidazole rings is 1. The summed E-state index contributed by atoms with van der Waals surface area (Å²) < 4.78 is 13.3. The smallest absolute Gasteiger partial charge is 0.254 e. The van der Waals surface area contributed by atoms with E-state index in [1.165, 1.54) is 0 Å². The van der Waals surface area contributed by atoms with Crippen molar-refractivity contribution in [3.63, 3.8) is 0 Å². The van der Waals surface area contributed by atoms with Gasteiger partial charge >= 0.3 is 0 Å². The van der Waals surface area contributed by atoms with Gasteiger partial charge < -0.3 is 18.8 Å². The van der Waals surface area contributed by atoms with Crippen LogP contribution in [0.15, 0.2) is 30.7 Å². The predicted molar refractivity (Wildman–Crippen MR) is 84.4 cm³/mol. The quantitative estimate of drug-likeness (QED) is 0.847. The van der Waals surface area contributed by atoms with E-state index in [1.54, 1.807) is 13.3 Å². The zero-order chi connectivity index (χ0) is 15.8. The molecule has 2 aromatic heterocycles. The van der Waals surface area contributed by atoms with Crippen LogP contribution in [0.25, 0.3) is 5.65 Å². The molecular weight excluding hydrogens is 294 g/mol. The summed E-state index contributed by atoms with van der Waals surface area (Å²) in [6.45, 7) is 1.24. The Morgan fingerprint density at radius 1 is 1.39 bits per heavy atom. The molecule has 0 aromatic carbocycles. The Balaban J connectivity index is 1.60. The van der Waals surface area contributed by atoms with E-state index >= 15 is 0 Å². The number of ether oxygens (including phenoxy) is 2. The first-order valence-electron chi connectivity index (χ1n) is 8.14. The van der Waals surface area contributed by atoms with Gasteiger partial charge in [-0.2, -0.15) is 0 Å². The van der Waals surface area contributed by atoms with E-state index in [0.717, 1.165) is 24.9 Å². The number of methoxy groups -OCH3 is 1. The van der Waals surface area contributed by atoms with E-state index in [1.807, 2.05) is 33.8 Å². The molecule has 1 aliphatic heterocycles. The Morgan fingerprint density at radius 3 is 3.17 bits per heavy atom. The molecule has 23 heavy (non-hydrogen) atoms. The van der Waals surface area contributed by atoms with Crippen LogP contribution in [-0.2, 0) is 9.47 Å². The third-order valence-corrected chi connectivity index (χ3v) is 5.01. The van der Waals surface area contributed by atoms with Crippen LogP contribution in [0.3, 0.4) is 0 Å². The van der Waals surface area contributed by atoms with Crippen molar-refractivity contribution in [1.82, 2.24) is 14.3 Å². The minimum Gasteiger partial charge on any atom is -0.381 e. The highest BCUT2D eigenvalue weighted by Gasteiger charge is 2.40. The lowest BCUT2D eigenvalue weighted by atomic mass is 9.87. The average Bonchev–Trinajstić information content (AvgIpc) is 3.07. The number of pyridine rings is 1. The van der Waals surface area contributed by atoms with Crippen molar-refractivity contribution in [2.24, 2.45) is 0 Å². The Labute approximate surface area is 135 Å². The van der Waals surface area contributed by atoms with Crippen LogP contribution < -0.4 is 0 Å². The zero-order valence-electron chi connectivity index (χ0n) is 13.2. The van der Waals surface area contributed by atoms with Gasteiger partial charge in [0.05, 0.1) is 24.9 Å². The largest absolute Gasteiger partial charge is 0.381 e. The van der Waals surface area contributed by atoms with Gasteiger partial charge in [0.15, 0.2) is 0 Å². The fourth-order valence-corrected chi connectivity index (χ4v) is 3.75. The monoisotopic (exact) mass is 315 g/mol. The zero-order valence-corrected chi connectivity index (χ0v) is 13.2. The van der Waals surface area contributed by atoms with Crippen LogP contribution in [-0.4, -0.2) is 58.7 Å². The fourth-order valence-electron chi connectivity index (χ4n) is 3.75. The van der Waals surface area contributed by atoms with Gasteiger partial charge in [-0.15, -0.1) is 0 Å². The van der Waals surface area contributed by atoms with Crippen molar-refractivity contribution >= 4 is 11.6 Å². The number of nitrogens with zero attached hydrogens (tertiary/aromatic N) is 3. The van der Waals surface area contributed by atoms with E-state index in [4.69, 9.17) is 9.47 Å². The summed E-state index contributed by atoms with van der Waals surface area (Å²) in [5, 5.41) is 0. The fraction of sp³-hybridized carbons (Fsp3) is 0.529. The molecule has 0 bridgehead atoms. The van der Waals surface area contributed by atoms with Crippen LogP contribution in [0.4, 0.5) is 0 Å². The molecular formula is C17H21N3O3. The van der Waals surface area contributed by atoms with Crippen molar-refractivity contribution in [2.45, 2.75) is 37.5 Å². The highest BCUT2D eigenvalue weighted by molar-refractivity contribution is 5.95. The third-order valence-electron chi connectivity index (χ3n) is 5.01. The van der Waals surface area contributed by atoms with Crippen LogP contribution in [0, 0.1) is 0 Å². The molecule has 2 fully saturated rings. The molecule has 2 aliphatic rings. The van der Waals surface area contributed by atoms with Gasteiger partial charge in [0.1, 0.15) is 5.65 Å².